The van der Waals surface area contributed by atoms with Gasteiger partial charge in [0.25, 0.3) is 5.91 Å². The van der Waals surface area contributed by atoms with E-state index in [-0.39, 0.29) is 5.91 Å². The van der Waals surface area contributed by atoms with Gasteiger partial charge in [-0.1, -0.05) is 6.07 Å². The zero-order valence-corrected chi connectivity index (χ0v) is 12.3. The van der Waals surface area contributed by atoms with Gasteiger partial charge in [-0.3, -0.25) is 4.79 Å². The summed E-state index contributed by atoms with van der Waals surface area (Å²) < 4.78 is 1.97. The highest BCUT2D eigenvalue weighted by Gasteiger charge is 2.10. The quantitative estimate of drug-likeness (QED) is 0.926. The minimum atomic E-state index is 0.00795. The summed E-state index contributed by atoms with van der Waals surface area (Å²) in [5, 5.41) is 3.36. The Labute approximate surface area is 119 Å². The summed E-state index contributed by atoms with van der Waals surface area (Å²) >= 11 is 0. The molecule has 0 radical (unpaired) electrons. The molecule has 20 heavy (non-hydrogen) atoms. The van der Waals surface area contributed by atoms with Crippen LogP contribution < -0.4 is 5.32 Å². The summed E-state index contributed by atoms with van der Waals surface area (Å²) in [6.07, 6.45) is 3.60. The number of nitrogens with zero attached hydrogens (tertiary/aromatic N) is 3. The number of imidazole rings is 1. The maximum Gasteiger partial charge on any atom is 0.253 e. The normalized spacial score (nSPS) is 10.4. The molecule has 1 heterocycles. The van der Waals surface area contributed by atoms with E-state index in [0.29, 0.717) is 12.1 Å². The number of nitrogens with one attached hydrogen (secondary N) is 1. The van der Waals surface area contributed by atoms with Crippen LogP contribution in [-0.4, -0.2) is 34.5 Å². The first-order valence-corrected chi connectivity index (χ1v) is 6.50. The standard InChI is InChI=1S/C15H20N4O/c1-11-5-6-12(15(20)18(2)3)7-14(11)17-9-13-8-16-10-19(13)4/h5-8,10,17H,9H2,1-4H3. The minimum Gasteiger partial charge on any atom is -0.379 e. The third-order valence-electron chi connectivity index (χ3n) is 3.27. The molecule has 0 spiro atoms. The third kappa shape index (κ3) is 2.99. The van der Waals surface area contributed by atoms with E-state index in [1.807, 2.05) is 42.9 Å². The summed E-state index contributed by atoms with van der Waals surface area (Å²) in [6, 6.07) is 5.71. The van der Waals surface area contributed by atoms with Crippen LogP contribution >= 0.6 is 0 Å². The molecule has 0 aliphatic rings. The van der Waals surface area contributed by atoms with Gasteiger partial charge >= 0.3 is 0 Å². The third-order valence-corrected chi connectivity index (χ3v) is 3.27. The average Bonchev–Trinajstić information content (AvgIpc) is 2.82. The summed E-state index contributed by atoms with van der Waals surface area (Å²) in [6.45, 7) is 2.70. The van der Waals surface area contributed by atoms with Gasteiger partial charge in [-0.05, 0) is 24.6 Å². The summed E-state index contributed by atoms with van der Waals surface area (Å²) in [5.41, 5.74) is 3.86. The molecule has 0 unspecified atom stereocenters. The molecular weight excluding hydrogens is 252 g/mol. The molecule has 1 N–H and O–H groups in total. The van der Waals surface area contributed by atoms with Crippen molar-refractivity contribution < 1.29 is 4.79 Å². The van der Waals surface area contributed by atoms with Crippen LogP contribution in [0.3, 0.4) is 0 Å². The summed E-state index contributed by atoms with van der Waals surface area (Å²) in [4.78, 5) is 17.6. The molecule has 0 bridgehead atoms. The molecule has 0 atom stereocenters. The number of benzene rings is 1. The maximum atomic E-state index is 12.0. The predicted molar refractivity (Wildman–Crippen MR) is 79.7 cm³/mol. The van der Waals surface area contributed by atoms with E-state index in [0.717, 1.165) is 16.9 Å². The fraction of sp³-hybridized carbons (Fsp3) is 0.333. The molecule has 0 aliphatic carbocycles. The molecule has 2 aromatic rings. The second-order valence-electron chi connectivity index (χ2n) is 5.08. The summed E-state index contributed by atoms with van der Waals surface area (Å²) in [5.74, 6) is 0.00795. The van der Waals surface area contributed by atoms with Crippen molar-refractivity contribution in [2.75, 3.05) is 19.4 Å². The van der Waals surface area contributed by atoms with E-state index in [4.69, 9.17) is 0 Å². The Hall–Kier alpha value is -2.30. The Balaban J connectivity index is 2.17. The Morgan fingerprint density at radius 3 is 2.75 bits per heavy atom. The van der Waals surface area contributed by atoms with Crippen LogP contribution in [0.25, 0.3) is 0 Å². The van der Waals surface area contributed by atoms with Crippen LogP contribution in [0, 0.1) is 6.92 Å². The number of aromatic nitrogens is 2. The highest BCUT2D eigenvalue weighted by Crippen LogP contribution is 2.18. The van der Waals surface area contributed by atoms with Gasteiger partial charge in [-0.25, -0.2) is 4.98 Å². The van der Waals surface area contributed by atoms with Crippen molar-refractivity contribution >= 4 is 11.6 Å². The average molecular weight is 272 g/mol. The van der Waals surface area contributed by atoms with E-state index < -0.39 is 0 Å². The molecule has 1 amide bonds. The fourth-order valence-corrected chi connectivity index (χ4v) is 1.94. The number of rotatable bonds is 4. The van der Waals surface area contributed by atoms with Gasteiger partial charge in [0.1, 0.15) is 0 Å². The Kier molecular flexibility index (Phi) is 4.08. The number of carbonyl (C=O) groups is 1. The van der Waals surface area contributed by atoms with Gasteiger partial charge in [-0.15, -0.1) is 0 Å². The molecule has 5 nitrogen and oxygen atoms in total. The van der Waals surface area contributed by atoms with Gasteiger partial charge in [0.15, 0.2) is 0 Å². The number of carbonyl (C=O) groups excluding carboxylic acids is 1. The number of aryl methyl sites for hydroxylation is 2. The largest absolute Gasteiger partial charge is 0.379 e. The van der Waals surface area contributed by atoms with Crippen LogP contribution in [0.1, 0.15) is 21.6 Å². The minimum absolute atomic E-state index is 0.00795. The molecule has 0 aliphatic heterocycles. The first kappa shape index (κ1) is 14.1. The lowest BCUT2D eigenvalue weighted by atomic mass is 10.1. The molecule has 1 aromatic carbocycles. The van der Waals surface area contributed by atoms with Crippen LogP contribution in [-0.2, 0) is 13.6 Å². The first-order chi connectivity index (χ1) is 9.49. The number of hydrogen-bond donors (Lipinski definition) is 1. The summed E-state index contributed by atoms with van der Waals surface area (Å²) in [7, 11) is 5.47. The lowest BCUT2D eigenvalue weighted by Gasteiger charge is -2.14. The zero-order valence-electron chi connectivity index (χ0n) is 12.3. The van der Waals surface area contributed by atoms with Crippen molar-refractivity contribution in [2.45, 2.75) is 13.5 Å². The van der Waals surface area contributed by atoms with Gasteiger partial charge in [0, 0.05) is 38.6 Å². The van der Waals surface area contributed by atoms with Gasteiger partial charge in [0.2, 0.25) is 0 Å². The van der Waals surface area contributed by atoms with Crippen molar-refractivity contribution in [3.63, 3.8) is 0 Å². The lowest BCUT2D eigenvalue weighted by Crippen LogP contribution is -2.21. The van der Waals surface area contributed by atoms with Crippen LogP contribution in [0.4, 0.5) is 5.69 Å². The van der Waals surface area contributed by atoms with E-state index in [2.05, 4.69) is 10.3 Å². The van der Waals surface area contributed by atoms with Gasteiger partial charge in [-0.2, -0.15) is 0 Å². The van der Waals surface area contributed by atoms with Crippen LogP contribution in [0.5, 0.6) is 0 Å². The van der Waals surface area contributed by atoms with E-state index in [1.165, 1.54) is 0 Å². The number of hydrogen-bond acceptors (Lipinski definition) is 3. The Bertz CT molecular complexity index is 616. The predicted octanol–water partition coefficient (Wildman–Crippen LogP) is 2.04. The second kappa shape index (κ2) is 5.77. The monoisotopic (exact) mass is 272 g/mol. The fourth-order valence-electron chi connectivity index (χ4n) is 1.94. The van der Waals surface area contributed by atoms with Crippen molar-refractivity contribution in [3.8, 4) is 0 Å². The SMILES string of the molecule is Cc1ccc(C(=O)N(C)C)cc1NCc1cncn1C. The maximum absolute atomic E-state index is 12.0. The molecule has 5 heteroatoms. The van der Waals surface area contributed by atoms with Crippen molar-refractivity contribution in [2.24, 2.45) is 7.05 Å². The smallest absolute Gasteiger partial charge is 0.253 e. The van der Waals surface area contributed by atoms with Crippen molar-refractivity contribution in [1.82, 2.24) is 14.5 Å². The lowest BCUT2D eigenvalue weighted by molar-refractivity contribution is 0.0827. The highest BCUT2D eigenvalue weighted by atomic mass is 16.2. The molecule has 1 aromatic heterocycles. The molecule has 0 fully saturated rings. The zero-order chi connectivity index (χ0) is 14.7. The van der Waals surface area contributed by atoms with Crippen LogP contribution in [0.2, 0.25) is 0 Å². The molecule has 106 valence electrons. The first-order valence-electron chi connectivity index (χ1n) is 6.50. The Morgan fingerprint density at radius 2 is 2.15 bits per heavy atom. The number of anilines is 1. The molecule has 2 rings (SSSR count). The molecular formula is C15H20N4O. The van der Waals surface area contributed by atoms with E-state index in [9.17, 15) is 4.79 Å². The van der Waals surface area contributed by atoms with Crippen LogP contribution in [0.15, 0.2) is 30.7 Å². The van der Waals surface area contributed by atoms with Gasteiger partial charge in [0.05, 0.1) is 18.6 Å². The molecule has 0 saturated heterocycles. The van der Waals surface area contributed by atoms with E-state index >= 15 is 0 Å². The Morgan fingerprint density at radius 1 is 1.40 bits per heavy atom. The van der Waals surface area contributed by atoms with Crippen molar-refractivity contribution in [3.05, 3.63) is 47.5 Å². The second-order valence-corrected chi connectivity index (χ2v) is 5.08. The van der Waals surface area contributed by atoms with E-state index in [1.54, 1.807) is 25.3 Å². The topological polar surface area (TPSA) is 50.2 Å². The van der Waals surface area contributed by atoms with Gasteiger partial charge < -0.3 is 14.8 Å². The number of amides is 1. The van der Waals surface area contributed by atoms with Crippen molar-refractivity contribution in [1.29, 1.82) is 0 Å². The molecule has 0 saturated carbocycles. The highest BCUT2D eigenvalue weighted by molar-refractivity contribution is 5.95.